The molecule has 0 aromatic heterocycles. The first-order valence-corrected chi connectivity index (χ1v) is 11.4. The van der Waals surface area contributed by atoms with Gasteiger partial charge in [0.2, 0.25) is 18.6 Å². The van der Waals surface area contributed by atoms with Crippen LogP contribution in [0.3, 0.4) is 0 Å². The number of ether oxygens (including phenoxy) is 3. The molecule has 2 heterocycles. The van der Waals surface area contributed by atoms with Gasteiger partial charge in [-0.2, -0.15) is 0 Å². The topological polar surface area (TPSA) is 114 Å². The Morgan fingerprint density at radius 2 is 1.83 bits per heavy atom. The van der Waals surface area contributed by atoms with Crippen molar-refractivity contribution in [1.82, 2.24) is 10.4 Å². The summed E-state index contributed by atoms with van der Waals surface area (Å²) in [5.41, 5.74) is 2.77. The smallest absolute Gasteiger partial charge is 0.276 e. The van der Waals surface area contributed by atoms with Crippen molar-refractivity contribution in [3.05, 3.63) is 60.7 Å². The number of benzene rings is 3. The van der Waals surface area contributed by atoms with Gasteiger partial charge in [-0.3, -0.25) is 24.6 Å². The van der Waals surface area contributed by atoms with E-state index in [1.807, 2.05) is 36.4 Å². The van der Waals surface area contributed by atoms with Crippen molar-refractivity contribution in [2.75, 3.05) is 18.3 Å². The van der Waals surface area contributed by atoms with Crippen molar-refractivity contribution >= 4 is 40.1 Å². The normalized spacial score (nSPS) is 16.4. The van der Waals surface area contributed by atoms with Gasteiger partial charge in [0.05, 0.1) is 12.1 Å². The molecule has 36 heavy (non-hydrogen) atoms. The van der Waals surface area contributed by atoms with Crippen molar-refractivity contribution < 1.29 is 33.4 Å². The van der Waals surface area contributed by atoms with Crippen LogP contribution in [-0.4, -0.2) is 48.1 Å². The number of hydrogen-bond donors (Lipinski definition) is 1. The number of hydrogen-bond acceptors (Lipinski definition) is 7. The Balaban J connectivity index is 1.30. The molecule has 1 atom stereocenters. The largest absolute Gasteiger partial charge is 0.483 e. The first-order valence-electron chi connectivity index (χ1n) is 11.4. The van der Waals surface area contributed by atoms with Gasteiger partial charge in [0.1, 0.15) is 11.8 Å². The van der Waals surface area contributed by atoms with Crippen LogP contribution in [0.15, 0.2) is 60.7 Å². The molecule has 0 radical (unpaired) electrons. The molecular formula is C26H23N3O7. The minimum atomic E-state index is -1.18. The number of fused-ring (bicyclic) bond motifs is 2. The van der Waals surface area contributed by atoms with Gasteiger partial charge < -0.3 is 14.2 Å². The Bertz CT molecular complexity index is 1370. The van der Waals surface area contributed by atoms with Crippen molar-refractivity contribution in [2.24, 2.45) is 0 Å². The highest BCUT2D eigenvalue weighted by atomic mass is 16.7. The Morgan fingerprint density at radius 3 is 2.67 bits per heavy atom. The number of imide groups is 1. The number of nitrogens with one attached hydrogen (secondary N) is 1. The van der Waals surface area contributed by atoms with Crippen molar-refractivity contribution in [2.45, 2.75) is 25.8 Å². The van der Waals surface area contributed by atoms with Crippen LogP contribution >= 0.6 is 0 Å². The Labute approximate surface area is 206 Å². The molecule has 2 aliphatic rings. The quantitative estimate of drug-likeness (QED) is 0.418. The second kappa shape index (κ2) is 9.57. The molecule has 10 nitrogen and oxygen atoms in total. The van der Waals surface area contributed by atoms with E-state index in [0.29, 0.717) is 22.9 Å². The predicted octanol–water partition coefficient (Wildman–Crippen LogP) is 2.55. The van der Waals surface area contributed by atoms with Gasteiger partial charge >= 0.3 is 0 Å². The number of hydrazine groups is 1. The predicted molar refractivity (Wildman–Crippen MR) is 128 cm³/mol. The lowest BCUT2D eigenvalue weighted by Crippen LogP contribution is -2.55. The summed E-state index contributed by atoms with van der Waals surface area (Å²) in [5.74, 6) is -0.834. The first-order chi connectivity index (χ1) is 17.5. The average Bonchev–Trinajstić information content (AvgIpc) is 3.48. The number of carbonyl (C=O) groups excluding carboxylic acids is 4. The third-order valence-electron chi connectivity index (χ3n) is 5.97. The summed E-state index contributed by atoms with van der Waals surface area (Å²) < 4.78 is 16.3. The minimum Gasteiger partial charge on any atom is -0.483 e. The highest BCUT2D eigenvalue weighted by molar-refractivity contribution is 6.23. The summed E-state index contributed by atoms with van der Waals surface area (Å²) in [7, 11) is 0. The van der Waals surface area contributed by atoms with Gasteiger partial charge in [0.25, 0.3) is 11.8 Å². The summed E-state index contributed by atoms with van der Waals surface area (Å²) in [6.07, 6.45) is -0.254. The van der Waals surface area contributed by atoms with E-state index in [-0.39, 0.29) is 26.2 Å². The molecular weight excluding hydrogens is 466 g/mol. The van der Waals surface area contributed by atoms with Crippen LogP contribution in [-0.2, 0) is 19.2 Å². The van der Waals surface area contributed by atoms with Gasteiger partial charge in [-0.25, -0.2) is 9.91 Å². The second-order valence-corrected chi connectivity index (χ2v) is 8.24. The van der Waals surface area contributed by atoms with Crippen molar-refractivity contribution in [1.29, 1.82) is 0 Å². The van der Waals surface area contributed by atoms with E-state index in [0.717, 1.165) is 20.7 Å². The molecule has 5 rings (SSSR count). The maximum absolute atomic E-state index is 13.2. The summed E-state index contributed by atoms with van der Waals surface area (Å²) in [6.45, 7) is 1.27. The maximum atomic E-state index is 13.2. The van der Waals surface area contributed by atoms with Gasteiger partial charge in [0, 0.05) is 17.9 Å². The molecule has 3 aromatic rings. The SMILES string of the molecule is CCC(=O)N(NC(=O)COc1cccc2ccccc12)C1CC(=O)N(c2ccc3c(c2)OCO3)C1=O. The van der Waals surface area contributed by atoms with Crippen LogP contribution in [0.2, 0.25) is 0 Å². The lowest BCUT2D eigenvalue weighted by molar-refractivity contribution is -0.148. The summed E-state index contributed by atoms with van der Waals surface area (Å²) in [5, 5.41) is 2.73. The van der Waals surface area contributed by atoms with Gasteiger partial charge in [-0.1, -0.05) is 43.3 Å². The summed E-state index contributed by atoms with van der Waals surface area (Å²) in [6, 6.07) is 16.6. The minimum absolute atomic E-state index is 0.0203. The first kappa shape index (κ1) is 23.2. The monoisotopic (exact) mass is 489 g/mol. The van der Waals surface area contributed by atoms with Crippen LogP contribution in [0.5, 0.6) is 17.2 Å². The Kier molecular flexibility index (Phi) is 6.16. The van der Waals surface area contributed by atoms with E-state index in [4.69, 9.17) is 14.2 Å². The van der Waals surface area contributed by atoms with E-state index in [9.17, 15) is 19.2 Å². The highest BCUT2D eigenvalue weighted by Crippen LogP contribution is 2.37. The third kappa shape index (κ3) is 4.28. The molecule has 2 aliphatic heterocycles. The number of anilines is 1. The van der Waals surface area contributed by atoms with E-state index in [1.165, 1.54) is 6.07 Å². The molecule has 1 saturated heterocycles. The van der Waals surface area contributed by atoms with Gasteiger partial charge in [-0.05, 0) is 23.6 Å². The lowest BCUT2D eigenvalue weighted by Gasteiger charge is -2.27. The zero-order valence-electron chi connectivity index (χ0n) is 19.4. The van der Waals surface area contributed by atoms with E-state index < -0.39 is 29.7 Å². The van der Waals surface area contributed by atoms with Crippen LogP contribution < -0.4 is 24.5 Å². The third-order valence-corrected chi connectivity index (χ3v) is 5.97. The van der Waals surface area contributed by atoms with E-state index in [1.54, 1.807) is 25.1 Å². The van der Waals surface area contributed by atoms with Gasteiger partial charge in [-0.15, -0.1) is 0 Å². The second-order valence-electron chi connectivity index (χ2n) is 8.24. The fraction of sp³-hybridized carbons (Fsp3) is 0.231. The van der Waals surface area contributed by atoms with Crippen LogP contribution in [0.25, 0.3) is 10.8 Å². The lowest BCUT2D eigenvalue weighted by atomic mass is 10.1. The number of carbonyl (C=O) groups is 4. The molecule has 3 aromatic carbocycles. The fourth-order valence-electron chi connectivity index (χ4n) is 4.23. The van der Waals surface area contributed by atoms with Crippen LogP contribution in [0.4, 0.5) is 5.69 Å². The molecule has 0 saturated carbocycles. The molecule has 0 bridgehead atoms. The zero-order valence-corrected chi connectivity index (χ0v) is 19.4. The summed E-state index contributed by atoms with van der Waals surface area (Å²) in [4.78, 5) is 52.4. The Hall–Kier alpha value is -4.60. The molecule has 10 heteroatoms. The zero-order chi connectivity index (χ0) is 25.2. The van der Waals surface area contributed by atoms with Crippen LogP contribution in [0.1, 0.15) is 19.8 Å². The van der Waals surface area contributed by atoms with Crippen molar-refractivity contribution in [3.8, 4) is 17.2 Å². The molecule has 0 aliphatic carbocycles. The molecule has 1 fully saturated rings. The van der Waals surface area contributed by atoms with E-state index >= 15 is 0 Å². The maximum Gasteiger partial charge on any atom is 0.276 e. The van der Waals surface area contributed by atoms with Crippen molar-refractivity contribution in [3.63, 3.8) is 0 Å². The number of amides is 4. The number of nitrogens with zero attached hydrogens (tertiary/aromatic N) is 2. The molecule has 1 unspecified atom stereocenters. The molecule has 0 spiro atoms. The molecule has 1 N–H and O–H groups in total. The molecule has 184 valence electrons. The standard InChI is InChI=1S/C26H23N3O7/c1-2-24(31)29(27-23(30)14-34-20-9-5-7-16-6-3-4-8-18(16)20)19-13-25(32)28(26(19)33)17-10-11-21-22(12-17)36-15-35-21/h3-12,19H,2,13-15H2,1H3,(H,27,30). The van der Waals surface area contributed by atoms with Crippen LogP contribution in [0, 0.1) is 0 Å². The average molecular weight is 489 g/mol. The number of rotatable bonds is 6. The summed E-state index contributed by atoms with van der Waals surface area (Å²) >= 11 is 0. The fourth-order valence-corrected chi connectivity index (χ4v) is 4.23. The van der Waals surface area contributed by atoms with E-state index in [2.05, 4.69) is 5.43 Å². The highest BCUT2D eigenvalue weighted by Gasteiger charge is 2.45. The van der Waals surface area contributed by atoms with Gasteiger partial charge in [0.15, 0.2) is 18.1 Å². The Morgan fingerprint density at radius 1 is 1.06 bits per heavy atom. The molecule has 4 amide bonds.